The first kappa shape index (κ1) is 13.3. The lowest BCUT2D eigenvalue weighted by atomic mass is 9.88. The molecule has 1 unspecified atom stereocenters. The zero-order chi connectivity index (χ0) is 13.9. The second-order valence-corrected chi connectivity index (χ2v) is 6.21. The molecular formula is C16H17NO2S. The van der Waals surface area contributed by atoms with Crippen LogP contribution in [0.4, 0.5) is 0 Å². The maximum absolute atomic E-state index is 12.2. The predicted octanol–water partition coefficient (Wildman–Crippen LogP) is 3.52. The molecule has 1 aliphatic heterocycles. The Morgan fingerprint density at radius 1 is 1.45 bits per heavy atom. The second kappa shape index (κ2) is 5.75. The summed E-state index contributed by atoms with van der Waals surface area (Å²) < 4.78 is 5.63. The van der Waals surface area contributed by atoms with Gasteiger partial charge in [-0.1, -0.05) is 18.2 Å². The number of rotatable bonds is 4. The maximum Gasteiger partial charge on any atom is 0.139 e. The van der Waals surface area contributed by atoms with Crippen LogP contribution in [0.5, 0.6) is 5.75 Å². The molecule has 4 heteroatoms. The Labute approximate surface area is 122 Å². The number of aromatic nitrogens is 1. The third-order valence-corrected chi connectivity index (χ3v) is 4.42. The fraction of sp³-hybridized carbons (Fsp3) is 0.375. The SMILES string of the molecule is Cc1nc(CC(=O)CC2CCOc3ccccc32)cs1. The van der Waals surface area contributed by atoms with Crippen molar-refractivity contribution in [3.8, 4) is 5.75 Å². The highest BCUT2D eigenvalue weighted by Crippen LogP contribution is 2.35. The van der Waals surface area contributed by atoms with E-state index in [2.05, 4.69) is 11.1 Å². The Balaban J connectivity index is 1.68. The van der Waals surface area contributed by atoms with Crippen molar-refractivity contribution in [1.82, 2.24) is 4.98 Å². The number of aryl methyl sites for hydroxylation is 1. The lowest BCUT2D eigenvalue weighted by molar-refractivity contribution is -0.119. The van der Waals surface area contributed by atoms with E-state index in [0.717, 1.165) is 22.9 Å². The number of carbonyl (C=O) groups is 1. The van der Waals surface area contributed by atoms with E-state index in [1.54, 1.807) is 11.3 Å². The summed E-state index contributed by atoms with van der Waals surface area (Å²) in [5.74, 6) is 1.48. The van der Waals surface area contributed by atoms with Gasteiger partial charge < -0.3 is 4.74 Å². The molecule has 0 amide bonds. The number of para-hydroxylation sites is 1. The fourth-order valence-electron chi connectivity index (χ4n) is 2.67. The molecule has 0 saturated carbocycles. The number of fused-ring (bicyclic) bond motifs is 1. The number of ether oxygens (including phenoxy) is 1. The van der Waals surface area contributed by atoms with Gasteiger partial charge in [-0.25, -0.2) is 4.98 Å². The van der Waals surface area contributed by atoms with E-state index in [9.17, 15) is 4.79 Å². The Kier molecular flexibility index (Phi) is 3.83. The molecule has 1 aromatic carbocycles. The first-order valence-electron chi connectivity index (χ1n) is 6.87. The third kappa shape index (κ3) is 2.90. The van der Waals surface area contributed by atoms with Gasteiger partial charge in [0, 0.05) is 18.2 Å². The van der Waals surface area contributed by atoms with Crippen molar-refractivity contribution in [3.63, 3.8) is 0 Å². The van der Waals surface area contributed by atoms with Gasteiger partial charge >= 0.3 is 0 Å². The smallest absolute Gasteiger partial charge is 0.139 e. The molecule has 2 heterocycles. The van der Waals surface area contributed by atoms with Crippen molar-refractivity contribution in [2.75, 3.05) is 6.61 Å². The van der Waals surface area contributed by atoms with Crippen molar-refractivity contribution in [2.45, 2.75) is 32.1 Å². The van der Waals surface area contributed by atoms with Crippen LogP contribution in [0.1, 0.15) is 35.0 Å². The number of hydrogen-bond acceptors (Lipinski definition) is 4. The Hall–Kier alpha value is -1.68. The van der Waals surface area contributed by atoms with Crippen LogP contribution >= 0.6 is 11.3 Å². The van der Waals surface area contributed by atoms with E-state index in [4.69, 9.17) is 4.74 Å². The molecule has 0 spiro atoms. The molecular weight excluding hydrogens is 270 g/mol. The van der Waals surface area contributed by atoms with Crippen LogP contribution in [0.15, 0.2) is 29.6 Å². The molecule has 1 aliphatic rings. The summed E-state index contributed by atoms with van der Waals surface area (Å²) in [4.78, 5) is 16.6. The Morgan fingerprint density at radius 3 is 3.10 bits per heavy atom. The van der Waals surface area contributed by atoms with Crippen LogP contribution in [0.2, 0.25) is 0 Å². The highest BCUT2D eigenvalue weighted by Gasteiger charge is 2.23. The van der Waals surface area contributed by atoms with Gasteiger partial charge in [-0.2, -0.15) is 0 Å². The maximum atomic E-state index is 12.2. The van der Waals surface area contributed by atoms with Crippen LogP contribution < -0.4 is 4.74 Å². The van der Waals surface area contributed by atoms with Crippen molar-refractivity contribution in [3.05, 3.63) is 45.9 Å². The second-order valence-electron chi connectivity index (χ2n) is 5.15. The number of ketones is 1. The zero-order valence-corrected chi connectivity index (χ0v) is 12.3. The van der Waals surface area contributed by atoms with Gasteiger partial charge in [-0.05, 0) is 30.9 Å². The molecule has 104 valence electrons. The summed E-state index contributed by atoms with van der Waals surface area (Å²) in [5.41, 5.74) is 2.07. The standard InChI is InChI=1S/C16H17NO2S/c1-11-17-13(10-20-11)9-14(18)8-12-6-7-19-16-5-3-2-4-15(12)16/h2-5,10,12H,6-9H2,1H3. The summed E-state index contributed by atoms with van der Waals surface area (Å²) in [6, 6.07) is 8.03. The van der Waals surface area contributed by atoms with E-state index in [1.165, 1.54) is 5.56 Å². The van der Waals surface area contributed by atoms with Gasteiger partial charge in [0.15, 0.2) is 0 Å². The number of Topliss-reactive ketones (excluding diaryl/α,β-unsaturated/α-hetero) is 1. The molecule has 0 saturated heterocycles. The van der Waals surface area contributed by atoms with Crippen LogP contribution in [-0.2, 0) is 11.2 Å². The first-order chi connectivity index (χ1) is 9.72. The summed E-state index contributed by atoms with van der Waals surface area (Å²) >= 11 is 1.60. The van der Waals surface area contributed by atoms with Crippen molar-refractivity contribution >= 4 is 17.1 Å². The zero-order valence-electron chi connectivity index (χ0n) is 11.5. The fourth-order valence-corrected chi connectivity index (χ4v) is 3.28. The average Bonchev–Trinajstić information content (AvgIpc) is 2.84. The number of nitrogens with zero attached hydrogens (tertiary/aromatic N) is 1. The first-order valence-corrected chi connectivity index (χ1v) is 7.75. The molecule has 0 bridgehead atoms. The molecule has 20 heavy (non-hydrogen) atoms. The summed E-state index contributed by atoms with van der Waals surface area (Å²) in [6.45, 7) is 2.66. The van der Waals surface area contributed by atoms with E-state index in [-0.39, 0.29) is 11.7 Å². The molecule has 0 aliphatic carbocycles. The lowest BCUT2D eigenvalue weighted by Gasteiger charge is -2.25. The van der Waals surface area contributed by atoms with Gasteiger partial charge in [0.2, 0.25) is 0 Å². The Morgan fingerprint density at radius 2 is 2.30 bits per heavy atom. The van der Waals surface area contributed by atoms with Crippen molar-refractivity contribution < 1.29 is 9.53 Å². The summed E-state index contributed by atoms with van der Waals surface area (Å²) in [5, 5.41) is 3.00. The van der Waals surface area contributed by atoms with Crippen LogP contribution in [0.3, 0.4) is 0 Å². The summed E-state index contributed by atoms with van der Waals surface area (Å²) in [6.07, 6.45) is 1.94. The van der Waals surface area contributed by atoms with Gasteiger partial charge in [0.05, 0.1) is 17.3 Å². The van der Waals surface area contributed by atoms with Crippen molar-refractivity contribution in [2.24, 2.45) is 0 Å². The molecule has 0 radical (unpaired) electrons. The molecule has 0 N–H and O–H groups in total. The topological polar surface area (TPSA) is 39.2 Å². The van der Waals surface area contributed by atoms with E-state index in [1.807, 2.05) is 30.5 Å². The highest BCUT2D eigenvalue weighted by atomic mass is 32.1. The van der Waals surface area contributed by atoms with Crippen molar-refractivity contribution in [1.29, 1.82) is 0 Å². The number of thiazole rings is 1. The molecule has 1 atom stereocenters. The van der Waals surface area contributed by atoms with Gasteiger partial charge in [0.1, 0.15) is 11.5 Å². The molecule has 1 aromatic heterocycles. The minimum absolute atomic E-state index is 0.261. The van der Waals surface area contributed by atoms with E-state index < -0.39 is 0 Å². The van der Waals surface area contributed by atoms with Gasteiger partial charge in [0.25, 0.3) is 0 Å². The number of hydrogen-bond donors (Lipinski definition) is 0. The Bertz CT molecular complexity index is 620. The number of carbonyl (C=O) groups excluding carboxylic acids is 1. The molecule has 3 rings (SSSR count). The minimum atomic E-state index is 0.261. The molecule has 2 aromatic rings. The minimum Gasteiger partial charge on any atom is -0.493 e. The monoisotopic (exact) mass is 287 g/mol. The van der Waals surface area contributed by atoms with Crippen LogP contribution in [-0.4, -0.2) is 17.4 Å². The number of benzene rings is 1. The summed E-state index contributed by atoms with van der Waals surface area (Å²) in [7, 11) is 0. The van der Waals surface area contributed by atoms with Gasteiger partial charge in [-0.15, -0.1) is 11.3 Å². The average molecular weight is 287 g/mol. The normalized spacial score (nSPS) is 17.4. The highest BCUT2D eigenvalue weighted by molar-refractivity contribution is 7.09. The van der Waals surface area contributed by atoms with E-state index in [0.29, 0.717) is 19.4 Å². The largest absolute Gasteiger partial charge is 0.493 e. The van der Waals surface area contributed by atoms with E-state index >= 15 is 0 Å². The quantitative estimate of drug-likeness (QED) is 0.863. The van der Waals surface area contributed by atoms with Crippen LogP contribution in [0, 0.1) is 6.92 Å². The molecule has 0 fully saturated rings. The van der Waals surface area contributed by atoms with Gasteiger partial charge in [-0.3, -0.25) is 4.79 Å². The molecule has 3 nitrogen and oxygen atoms in total. The predicted molar refractivity (Wildman–Crippen MR) is 79.5 cm³/mol. The third-order valence-electron chi connectivity index (χ3n) is 3.60. The lowest BCUT2D eigenvalue weighted by Crippen LogP contribution is -2.18. The van der Waals surface area contributed by atoms with Crippen LogP contribution in [0.25, 0.3) is 0 Å².